The zero-order valence-electron chi connectivity index (χ0n) is 10.6. The molecule has 2 atom stereocenters. The van der Waals surface area contributed by atoms with Gasteiger partial charge in [-0.2, -0.15) is 0 Å². The molecule has 0 spiro atoms. The fraction of sp³-hybridized carbons (Fsp3) is 0.692. The number of hydrogen-bond acceptors (Lipinski definition) is 4. The van der Waals surface area contributed by atoms with Crippen LogP contribution in [0.3, 0.4) is 0 Å². The Bertz CT molecular complexity index is 339. The maximum atomic E-state index is 5.86. The third-order valence-electron chi connectivity index (χ3n) is 3.22. The van der Waals surface area contributed by atoms with Crippen molar-refractivity contribution >= 4 is 0 Å². The molecule has 2 rings (SSSR count). The summed E-state index contributed by atoms with van der Waals surface area (Å²) in [7, 11) is 1.90. The van der Waals surface area contributed by atoms with Gasteiger partial charge in [0.1, 0.15) is 6.10 Å². The standard InChI is InChI=1S/C13H21N3O/c1-10-4-3-5-12(6-10)17-13-9-15-11(7-14-2)8-16-13/h8-10,12,14H,3-7H2,1-2H3. The lowest BCUT2D eigenvalue weighted by atomic mass is 9.89. The lowest BCUT2D eigenvalue weighted by Crippen LogP contribution is -2.24. The van der Waals surface area contributed by atoms with E-state index in [0.717, 1.165) is 31.0 Å². The number of nitrogens with zero attached hydrogens (tertiary/aromatic N) is 2. The third kappa shape index (κ3) is 3.66. The first-order chi connectivity index (χ1) is 8.28. The highest BCUT2D eigenvalue weighted by molar-refractivity contribution is 5.07. The molecule has 0 bridgehead atoms. The summed E-state index contributed by atoms with van der Waals surface area (Å²) in [5.74, 6) is 1.43. The number of ether oxygens (including phenoxy) is 1. The second kappa shape index (κ2) is 5.96. The fourth-order valence-corrected chi connectivity index (χ4v) is 2.33. The molecule has 17 heavy (non-hydrogen) atoms. The summed E-state index contributed by atoms with van der Waals surface area (Å²) in [5, 5.41) is 3.05. The average Bonchev–Trinajstić information content (AvgIpc) is 2.32. The van der Waals surface area contributed by atoms with E-state index in [2.05, 4.69) is 22.2 Å². The monoisotopic (exact) mass is 235 g/mol. The summed E-state index contributed by atoms with van der Waals surface area (Å²) < 4.78 is 5.86. The van der Waals surface area contributed by atoms with Crippen molar-refractivity contribution in [3.63, 3.8) is 0 Å². The molecule has 4 heteroatoms. The molecule has 1 aliphatic carbocycles. The zero-order chi connectivity index (χ0) is 12.1. The Kier molecular flexibility index (Phi) is 4.31. The van der Waals surface area contributed by atoms with Gasteiger partial charge in [0.05, 0.1) is 18.1 Å². The molecule has 4 nitrogen and oxygen atoms in total. The number of hydrogen-bond donors (Lipinski definition) is 1. The largest absolute Gasteiger partial charge is 0.473 e. The number of aromatic nitrogens is 2. The summed E-state index contributed by atoms with van der Waals surface area (Å²) in [6.07, 6.45) is 8.70. The molecule has 0 amide bonds. The van der Waals surface area contributed by atoms with Gasteiger partial charge in [-0.05, 0) is 32.2 Å². The van der Waals surface area contributed by atoms with E-state index < -0.39 is 0 Å². The summed E-state index contributed by atoms with van der Waals surface area (Å²) in [4.78, 5) is 8.59. The van der Waals surface area contributed by atoms with Crippen molar-refractivity contribution in [3.05, 3.63) is 18.1 Å². The summed E-state index contributed by atoms with van der Waals surface area (Å²) in [5.41, 5.74) is 0.942. The van der Waals surface area contributed by atoms with Crippen LogP contribution in [-0.2, 0) is 6.54 Å². The Morgan fingerprint density at radius 3 is 2.88 bits per heavy atom. The van der Waals surface area contributed by atoms with Crippen LogP contribution in [0.1, 0.15) is 38.3 Å². The van der Waals surface area contributed by atoms with Crippen LogP contribution in [0.25, 0.3) is 0 Å². The van der Waals surface area contributed by atoms with E-state index in [9.17, 15) is 0 Å². The molecule has 94 valence electrons. The van der Waals surface area contributed by atoms with Crippen LogP contribution in [-0.4, -0.2) is 23.1 Å². The maximum Gasteiger partial charge on any atom is 0.232 e. The van der Waals surface area contributed by atoms with Gasteiger partial charge in [-0.25, -0.2) is 4.98 Å². The Morgan fingerprint density at radius 1 is 1.35 bits per heavy atom. The number of rotatable bonds is 4. The van der Waals surface area contributed by atoms with E-state index in [4.69, 9.17) is 4.74 Å². The van der Waals surface area contributed by atoms with Gasteiger partial charge in [0, 0.05) is 6.54 Å². The first-order valence-corrected chi connectivity index (χ1v) is 6.40. The van der Waals surface area contributed by atoms with Gasteiger partial charge >= 0.3 is 0 Å². The minimum absolute atomic E-state index is 0.322. The van der Waals surface area contributed by atoms with E-state index in [1.54, 1.807) is 12.4 Å². The van der Waals surface area contributed by atoms with Crippen molar-refractivity contribution in [2.75, 3.05) is 7.05 Å². The summed E-state index contributed by atoms with van der Waals surface area (Å²) in [6, 6.07) is 0. The van der Waals surface area contributed by atoms with E-state index >= 15 is 0 Å². The SMILES string of the molecule is CNCc1cnc(OC2CCCC(C)C2)cn1. The quantitative estimate of drug-likeness (QED) is 0.868. The molecule has 2 unspecified atom stereocenters. The summed E-state index contributed by atoms with van der Waals surface area (Å²) >= 11 is 0. The molecule has 0 aromatic carbocycles. The van der Waals surface area contributed by atoms with Gasteiger partial charge < -0.3 is 10.1 Å². The van der Waals surface area contributed by atoms with Gasteiger partial charge in [-0.3, -0.25) is 4.98 Å². The smallest absolute Gasteiger partial charge is 0.232 e. The van der Waals surface area contributed by atoms with Gasteiger partial charge in [0.25, 0.3) is 0 Å². The lowest BCUT2D eigenvalue weighted by Gasteiger charge is -2.26. The summed E-state index contributed by atoms with van der Waals surface area (Å²) in [6.45, 7) is 3.03. The minimum atomic E-state index is 0.322. The second-order valence-electron chi connectivity index (χ2n) is 4.89. The lowest BCUT2D eigenvalue weighted by molar-refractivity contribution is 0.123. The molecule has 1 fully saturated rings. The topological polar surface area (TPSA) is 47.0 Å². The minimum Gasteiger partial charge on any atom is -0.473 e. The van der Waals surface area contributed by atoms with Crippen molar-refractivity contribution in [1.29, 1.82) is 0 Å². The molecule has 1 aromatic heterocycles. The highest BCUT2D eigenvalue weighted by atomic mass is 16.5. The molecule has 1 saturated carbocycles. The molecule has 1 aromatic rings. The fourth-order valence-electron chi connectivity index (χ4n) is 2.33. The molecular weight excluding hydrogens is 214 g/mol. The Morgan fingerprint density at radius 2 is 2.24 bits per heavy atom. The molecule has 0 saturated heterocycles. The van der Waals surface area contributed by atoms with E-state index in [-0.39, 0.29) is 0 Å². The zero-order valence-corrected chi connectivity index (χ0v) is 10.6. The van der Waals surface area contributed by atoms with Crippen LogP contribution < -0.4 is 10.1 Å². The molecule has 0 radical (unpaired) electrons. The first kappa shape index (κ1) is 12.3. The van der Waals surface area contributed by atoms with E-state index in [0.29, 0.717) is 12.0 Å². The Hall–Kier alpha value is -1.16. The highest BCUT2D eigenvalue weighted by Gasteiger charge is 2.20. The predicted octanol–water partition coefficient (Wildman–Crippen LogP) is 2.15. The molecule has 0 aliphatic heterocycles. The third-order valence-corrected chi connectivity index (χ3v) is 3.22. The number of nitrogens with one attached hydrogen (secondary N) is 1. The van der Waals surface area contributed by atoms with Crippen LogP contribution in [0.5, 0.6) is 5.88 Å². The first-order valence-electron chi connectivity index (χ1n) is 6.40. The Labute approximate surface area is 103 Å². The van der Waals surface area contributed by atoms with Crippen molar-refractivity contribution in [3.8, 4) is 5.88 Å². The molecule has 1 N–H and O–H groups in total. The van der Waals surface area contributed by atoms with Gasteiger partial charge in [0.2, 0.25) is 5.88 Å². The van der Waals surface area contributed by atoms with Gasteiger partial charge in [-0.1, -0.05) is 13.3 Å². The maximum absolute atomic E-state index is 5.86. The molecule has 1 aliphatic rings. The van der Waals surface area contributed by atoms with E-state index in [1.807, 2.05) is 7.05 Å². The second-order valence-corrected chi connectivity index (χ2v) is 4.89. The van der Waals surface area contributed by atoms with Crippen molar-refractivity contribution in [2.45, 2.75) is 45.3 Å². The van der Waals surface area contributed by atoms with Gasteiger partial charge in [-0.15, -0.1) is 0 Å². The Balaban J connectivity index is 1.89. The van der Waals surface area contributed by atoms with Crippen LogP contribution in [0.2, 0.25) is 0 Å². The molecular formula is C13H21N3O. The van der Waals surface area contributed by atoms with Gasteiger partial charge in [0.15, 0.2) is 0 Å². The van der Waals surface area contributed by atoms with Crippen molar-refractivity contribution < 1.29 is 4.74 Å². The van der Waals surface area contributed by atoms with Crippen LogP contribution >= 0.6 is 0 Å². The normalized spacial score (nSPS) is 24.6. The highest BCUT2D eigenvalue weighted by Crippen LogP contribution is 2.26. The van der Waals surface area contributed by atoms with Crippen molar-refractivity contribution in [2.24, 2.45) is 5.92 Å². The van der Waals surface area contributed by atoms with E-state index in [1.165, 1.54) is 12.8 Å². The molecule has 1 heterocycles. The predicted molar refractivity (Wildman–Crippen MR) is 66.8 cm³/mol. The van der Waals surface area contributed by atoms with Crippen LogP contribution in [0.15, 0.2) is 12.4 Å². The van der Waals surface area contributed by atoms with Crippen molar-refractivity contribution in [1.82, 2.24) is 15.3 Å². The van der Waals surface area contributed by atoms with Crippen LogP contribution in [0.4, 0.5) is 0 Å². The average molecular weight is 235 g/mol. The van der Waals surface area contributed by atoms with Crippen LogP contribution in [0, 0.1) is 5.92 Å².